The van der Waals surface area contributed by atoms with E-state index in [1.165, 1.54) is 33.8 Å². The molecule has 1 atom stereocenters. The number of thiophene rings is 1. The Hall–Kier alpha value is -1.32. The lowest BCUT2D eigenvalue weighted by atomic mass is 9.99. The van der Waals surface area contributed by atoms with Crippen molar-refractivity contribution < 1.29 is 0 Å². The molecule has 1 unspecified atom stereocenters. The Balaban J connectivity index is 1.97. The first-order valence-corrected chi connectivity index (χ1v) is 7.72. The number of aryl methyl sites for hydroxylation is 2. The van der Waals surface area contributed by atoms with Crippen LogP contribution in [0.25, 0.3) is 0 Å². The highest BCUT2D eigenvalue weighted by molar-refractivity contribution is 7.12. The molecule has 2 aromatic rings. The predicted molar refractivity (Wildman–Crippen MR) is 83.0 cm³/mol. The van der Waals surface area contributed by atoms with Crippen LogP contribution in [0.15, 0.2) is 36.4 Å². The van der Waals surface area contributed by atoms with Gasteiger partial charge in [0, 0.05) is 28.5 Å². The van der Waals surface area contributed by atoms with Crippen molar-refractivity contribution in [1.82, 2.24) is 0 Å². The van der Waals surface area contributed by atoms with E-state index < -0.39 is 0 Å². The number of benzene rings is 1. The molecule has 2 N–H and O–H groups in total. The molecular weight excluding hydrogens is 252 g/mol. The average Bonchev–Trinajstić information content (AvgIpc) is 2.86. The summed E-state index contributed by atoms with van der Waals surface area (Å²) < 4.78 is 0. The molecule has 0 radical (unpaired) electrons. The highest BCUT2D eigenvalue weighted by Gasteiger charge is 2.25. The van der Waals surface area contributed by atoms with Crippen LogP contribution in [0.3, 0.4) is 0 Å². The van der Waals surface area contributed by atoms with E-state index >= 15 is 0 Å². The van der Waals surface area contributed by atoms with E-state index in [1.807, 2.05) is 11.3 Å². The zero-order valence-corrected chi connectivity index (χ0v) is 12.1. The van der Waals surface area contributed by atoms with Crippen LogP contribution in [0, 0.1) is 6.92 Å². The second-order valence-corrected chi connectivity index (χ2v) is 6.45. The van der Waals surface area contributed by atoms with E-state index in [0.29, 0.717) is 12.6 Å². The Morgan fingerprint density at radius 2 is 2.11 bits per heavy atom. The van der Waals surface area contributed by atoms with Crippen molar-refractivity contribution in [2.75, 3.05) is 18.0 Å². The number of para-hydroxylation sites is 1. The monoisotopic (exact) mass is 272 g/mol. The molecule has 1 aromatic carbocycles. The van der Waals surface area contributed by atoms with Crippen molar-refractivity contribution in [1.29, 1.82) is 0 Å². The molecule has 0 fully saturated rings. The molecule has 3 heteroatoms. The summed E-state index contributed by atoms with van der Waals surface area (Å²) in [6.45, 7) is 3.94. The summed E-state index contributed by atoms with van der Waals surface area (Å²) in [7, 11) is 0. The van der Waals surface area contributed by atoms with E-state index in [4.69, 9.17) is 5.73 Å². The highest BCUT2D eigenvalue weighted by atomic mass is 32.1. The van der Waals surface area contributed by atoms with Crippen LogP contribution >= 0.6 is 11.3 Å². The van der Waals surface area contributed by atoms with E-state index in [0.717, 1.165) is 6.54 Å². The third-order valence-electron chi connectivity index (χ3n) is 3.84. The second kappa shape index (κ2) is 5.35. The Morgan fingerprint density at radius 3 is 2.84 bits per heavy atom. The fourth-order valence-electron chi connectivity index (χ4n) is 2.92. The minimum absolute atomic E-state index is 0.320. The van der Waals surface area contributed by atoms with Crippen LogP contribution < -0.4 is 10.6 Å². The number of rotatable bonds is 3. The van der Waals surface area contributed by atoms with Gasteiger partial charge in [0.2, 0.25) is 0 Å². The van der Waals surface area contributed by atoms with Crippen molar-refractivity contribution in [3.63, 3.8) is 0 Å². The van der Waals surface area contributed by atoms with Gasteiger partial charge in [-0.1, -0.05) is 18.2 Å². The van der Waals surface area contributed by atoms with Gasteiger partial charge < -0.3 is 10.6 Å². The van der Waals surface area contributed by atoms with Crippen molar-refractivity contribution in [3.8, 4) is 0 Å². The van der Waals surface area contributed by atoms with Gasteiger partial charge in [0.25, 0.3) is 0 Å². The van der Waals surface area contributed by atoms with Crippen LogP contribution in [-0.2, 0) is 6.42 Å². The lowest BCUT2D eigenvalue weighted by Gasteiger charge is -2.37. The molecule has 0 saturated heterocycles. The van der Waals surface area contributed by atoms with Crippen LogP contribution in [0.2, 0.25) is 0 Å². The third kappa shape index (κ3) is 2.40. The lowest BCUT2D eigenvalue weighted by molar-refractivity contribution is 0.594. The number of anilines is 1. The molecule has 1 aromatic heterocycles. The molecule has 1 aliphatic rings. The molecule has 0 bridgehead atoms. The SMILES string of the molecule is Cc1ccc(C(CN)N2CCCc3ccccc32)s1. The number of nitrogens with two attached hydrogens (primary N) is 1. The van der Waals surface area contributed by atoms with E-state index in [9.17, 15) is 0 Å². The molecule has 0 amide bonds. The maximum atomic E-state index is 6.07. The Kier molecular flexibility index (Phi) is 3.58. The van der Waals surface area contributed by atoms with Gasteiger partial charge in [-0.2, -0.15) is 0 Å². The van der Waals surface area contributed by atoms with Gasteiger partial charge in [0.1, 0.15) is 0 Å². The predicted octanol–water partition coefficient (Wildman–Crippen LogP) is 3.51. The summed E-state index contributed by atoms with van der Waals surface area (Å²) in [5, 5.41) is 0. The Bertz CT molecular complexity index is 561. The molecule has 0 aliphatic carbocycles. The number of hydrogen-bond acceptors (Lipinski definition) is 3. The van der Waals surface area contributed by atoms with Gasteiger partial charge in [0.15, 0.2) is 0 Å². The van der Waals surface area contributed by atoms with Crippen molar-refractivity contribution >= 4 is 17.0 Å². The maximum Gasteiger partial charge on any atom is 0.0757 e. The summed E-state index contributed by atoms with van der Waals surface area (Å²) in [5.41, 5.74) is 8.90. The van der Waals surface area contributed by atoms with Crippen LogP contribution in [-0.4, -0.2) is 13.1 Å². The summed E-state index contributed by atoms with van der Waals surface area (Å²) >= 11 is 1.87. The Labute approximate surface area is 118 Å². The Morgan fingerprint density at radius 1 is 1.26 bits per heavy atom. The molecule has 0 saturated carbocycles. The highest BCUT2D eigenvalue weighted by Crippen LogP contribution is 2.35. The summed E-state index contributed by atoms with van der Waals surface area (Å²) in [6.07, 6.45) is 2.41. The molecule has 3 rings (SSSR count). The smallest absolute Gasteiger partial charge is 0.0757 e. The normalized spacial score (nSPS) is 16.2. The average molecular weight is 272 g/mol. The fraction of sp³-hybridized carbons (Fsp3) is 0.375. The molecular formula is C16H20N2S. The summed E-state index contributed by atoms with van der Waals surface area (Å²) in [4.78, 5) is 5.24. The van der Waals surface area contributed by atoms with Gasteiger partial charge in [-0.05, 0) is 43.5 Å². The topological polar surface area (TPSA) is 29.3 Å². The van der Waals surface area contributed by atoms with Gasteiger partial charge in [-0.25, -0.2) is 0 Å². The van der Waals surface area contributed by atoms with E-state index in [2.05, 4.69) is 48.2 Å². The molecule has 0 spiro atoms. The van der Waals surface area contributed by atoms with E-state index in [1.54, 1.807) is 0 Å². The standard InChI is InChI=1S/C16H20N2S/c1-12-8-9-16(19-12)15(11-17)18-10-4-6-13-5-2-3-7-14(13)18/h2-3,5,7-9,15H,4,6,10-11,17H2,1H3. The molecule has 1 aliphatic heterocycles. The quantitative estimate of drug-likeness (QED) is 0.926. The van der Waals surface area contributed by atoms with Crippen LogP contribution in [0.1, 0.15) is 27.8 Å². The first-order chi connectivity index (χ1) is 9.29. The number of fused-ring (bicyclic) bond motifs is 1. The van der Waals surface area contributed by atoms with Crippen molar-refractivity contribution in [2.45, 2.75) is 25.8 Å². The van der Waals surface area contributed by atoms with Crippen LogP contribution in [0.4, 0.5) is 5.69 Å². The van der Waals surface area contributed by atoms with Gasteiger partial charge in [0.05, 0.1) is 6.04 Å². The number of hydrogen-bond donors (Lipinski definition) is 1. The fourth-order valence-corrected chi connectivity index (χ4v) is 3.92. The zero-order chi connectivity index (χ0) is 13.2. The summed E-state index contributed by atoms with van der Waals surface area (Å²) in [6, 6.07) is 13.5. The van der Waals surface area contributed by atoms with Crippen molar-refractivity contribution in [2.24, 2.45) is 5.73 Å². The molecule has 2 nitrogen and oxygen atoms in total. The number of nitrogens with zero attached hydrogens (tertiary/aromatic N) is 1. The van der Waals surface area contributed by atoms with Crippen LogP contribution in [0.5, 0.6) is 0 Å². The molecule has 2 heterocycles. The first kappa shape index (κ1) is 12.7. The molecule has 100 valence electrons. The van der Waals surface area contributed by atoms with Gasteiger partial charge in [-0.15, -0.1) is 11.3 Å². The minimum atomic E-state index is 0.320. The first-order valence-electron chi connectivity index (χ1n) is 6.90. The summed E-state index contributed by atoms with van der Waals surface area (Å²) in [5.74, 6) is 0. The second-order valence-electron chi connectivity index (χ2n) is 5.13. The lowest BCUT2D eigenvalue weighted by Crippen LogP contribution is -2.37. The zero-order valence-electron chi connectivity index (χ0n) is 11.3. The maximum absolute atomic E-state index is 6.07. The largest absolute Gasteiger partial charge is 0.362 e. The molecule has 19 heavy (non-hydrogen) atoms. The van der Waals surface area contributed by atoms with E-state index in [-0.39, 0.29) is 0 Å². The third-order valence-corrected chi connectivity index (χ3v) is 4.94. The van der Waals surface area contributed by atoms with Crippen molar-refractivity contribution in [3.05, 3.63) is 51.7 Å². The minimum Gasteiger partial charge on any atom is -0.362 e. The van der Waals surface area contributed by atoms with Gasteiger partial charge in [-0.3, -0.25) is 0 Å². The van der Waals surface area contributed by atoms with Gasteiger partial charge >= 0.3 is 0 Å².